The summed E-state index contributed by atoms with van der Waals surface area (Å²) in [5, 5.41) is 3.32. The van der Waals surface area contributed by atoms with Crippen molar-refractivity contribution < 1.29 is 13.2 Å². The second-order valence-electron chi connectivity index (χ2n) is 7.40. The second-order valence-corrected chi connectivity index (χ2v) is 7.40. The summed E-state index contributed by atoms with van der Waals surface area (Å²) >= 11 is 0. The zero-order valence-corrected chi connectivity index (χ0v) is 15.0. The Labute approximate surface area is 148 Å². The molecule has 2 aliphatic heterocycles. The van der Waals surface area contributed by atoms with Crippen LogP contribution in [0.1, 0.15) is 44.2 Å². The number of alkyl halides is 3. The molecule has 0 radical (unpaired) electrons. The molecule has 1 aromatic rings. The predicted molar refractivity (Wildman–Crippen MR) is 94.9 cm³/mol. The van der Waals surface area contributed by atoms with Crippen LogP contribution < -0.4 is 10.2 Å². The molecule has 0 saturated carbocycles. The lowest BCUT2D eigenvalue weighted by Crippen LogP contribution is -2.49. The molecule has 1 aromatic carbocycles. The highest BCUT2D eigenvalue weighted by atomic mass is 19.4. The summed E-state index contributed by atoms with van der Waals surface area (Å²) in [5.74, 6) is 0. The van der Waals surface area contributed by atoms with E-state index >= 15 is 0 Å². The molecule has 0 amide bonds. The molecule has 3 rings (SSSR count). The van der Waals surface area contributed by atoms with Gasteiger partial charge in [-0.15, -0.1) is 0 Å². The molecule has 0 aliphatic carbocycles. The molecule has 0 spiro atoms. The molecule has 6 heteroatoms. The monoisotopic (exact) mass is 355 g/mol. The number of nitrogens with zero attached hydrogens (tertiary/aromatic N) is 2. The Morgan fingerprint density at radius 3 is 2.52 bits per heavy atom. The number of halogens is 3. The number of piperidine rings is 1. The van der Waals surface area contributed by atoms with Gasteiger partial charge in [0.2, 0.25) is 0 Å². The third-order valence-corrected chi connectivity index (χ3v) is 5.57. The molecule has 0 bridgehead atoms. The van der Waals surface area contributed by atoms with Crippen LogP contribution in [0.4, 0.5) is 18.9 Å². The number of hydrogen-bond donors (Lipinski definition) is 1. The van der Waals surface area contributed by atoms with Crippen LogP contribution in [-0.4, -0.2) is 49.8 Å². The Balaban J connectivity index is 1.94. The predicted octanol–water partition coefficient (Wildman–Crippen LogP) is 3.96. The van der Waals surface area contributed by atoms with Crippen LogP contribution in [0, 0.1) is 0 Å². The molecule has 25 heavy (non-hydrogen) atoms. The van der Waals surface area contributed by atoms with Crippen LogP contribution in [0.15, 0.2) is 24.3 Å². The van der Waals surface area contributed by atoms with Crippen molar-refractivity contribution in [3.05, 3.63) is 29.8 Å². The van der Waals surface area contributed by atoms with Gasteiger partial charge in [-0.3, -0.25) is 4.90 Å². The maximum Gasteiger partial charge on any atom is 0.408 e. The van der Waals surface area contributed by atoms with Crippen LogP contribution >= 0.6 is 0 Å². The minimum atomic E-state index is -4.29. The van der Waals surface area contributed by atoms with Crippen LogP contribution in [0.2, 0.25) is 0 Å². The average Bonchev–Trinajstić information content (AvgIpc) is 3.08. The molecule has 2 fully saturated rings. The number of nitrogens with one attached hydrogen (secondary N) is 1. The van der Waals surface area contributed by atoms with Gasteiger partial charge < -0.3 is 10.2 Å². The smallest absolute Gasteiger partial charge is 0.371 e. The minimum absolute atomic E-state index is 0.0606. The Kier molecular flexibility index (Phi) is 5.58. The van der Waals surface area contributed by atoms with Gasteiger partial charge in [0.1, 0.15) is 6.04 Å². The van der Waals surface area contributed by atoms with Gasteiger partial charge in [0, 0.05) is 36.4 Å². The Morgan fingerprint density at radius 2 is 1.88 bits per heavy atom. The summed E-state index contributed by atoms with van der Waals surface area (Å²) in [5.41, 5.74) is 1.14. The zero-order valence-electron chi connectivity index (χ0n) is 15.0. The van der Waals surface area contributed by atoms with Crippen molar-refractivity contribution in [2.24, 2.45) is 0 Å². The fraction of sp³-hybridized carbons (Fsp3) is 0.684. The average molecular weight is 355 g/mol. The normalized spacial score (nSPS) is 26.2. The van der Waals surface area contributed by atoms with Crippen molar-refractivity contribution in [2.45, 2.75) is 56.9 Å². The van der Waals surface area contributed by atoms with Gasteiger partial charge in [-0.1, -0.05) is 18.2 Å². The maximum absolute atomic E-state index is 14.1. The molecular formula is C19H28F3N3. The van der Waals surface area contributed by atoms with Gasteiger partial charge in [-0.05, 0) is 52.3 Å². The summed E-state index contributed by atoms with van der Waals surface area (Å²) < 4.78 is 42.3. The van der Waals surface area contributed by atoms with Gasteiger partial charge in [0.05, 0.1) is 0 Å². The number of rotatable bonds is 4. The van der Waals surface area contributed by atoms with Gasteiger partial charge >= 0.3 is 6.18 Å². The lowest BCUT2D eigenvalue weighted by molar-refractivity contribution is -0.189. The van der Waals surface area contributed by atoms with Crippen LogP contribution in [0.3, 0.4) is 0 Å². The van der Waals surface area contributed by atoms with Gasteiger partial charge in [0.15, 0.2) is 0 Å². The number of para-hydroxylation sites is 1. The van der Waals surface area contributed by atoms with Crippen molar-refractivity contribution in [3.8, 4) is 0 Å². The van der Waals surface area contributed by atoms with Crippen LogP contribution in [0.25, 0.3) is 0 Å². The molecule has 1 N–H and O–H groups in total. The fourth-order valence-electron chi connectivity index (χ4n) is 4.28. The van der Waals surface area contributed by atoms with Crippen molar-refractivity contribution in [1.82, 2.24) is 10.2 Å². The lowest BCUT2D eigenvalue weighted by Gasteiger charge is -2.41. The van der Waals surface area contributed by atoms with Gasteiger partial charge in [0.25, 0.3) is 0 Å². The van der Waals surface area contributed by atoms with E-state index in [1.165, 1.54) is 0 Å². The molecule has 0 aromatic heterocycles. The fourth-order valence-corrected chi connectivity index (χ4v) is 4.28. The molecule has 2 saturated heterocycles. The molecule has 2 heterocycles. The molecule has 2 aliphatic rings. The number of anilines is 1. The first-order valence-electron chi connectivity index (χ1n) is 9.24. The van der Waals surface area contributed by atoms with Crippen molar-refractivity contribution in [1.29, 1.82) is 0 Å². The summed E-state index contributed by atoms with van der Waals surface area (Å²) in [7, 11) is 1.64. The molecule has 3 atom stereocenters. The van der Waals surface area contributed by atoms with E-state index in [9.17, 15) is 13.2 Å². The van der Waals surface area contributed by atoms with Gasteiger partial charge in [-0.25, -0.2) is 0 Å². The Bertz CT molecular complexity index is 569. The highest BCUT2D eigenvalue weighted by Crippen LogP contribution is 2.43. The topological polar surface area (TPSA) is 18.5 Å². The Hall–Kier alpha value is -1.27. The van der Waals surface area contributed by atoms with E-state index in [2.05, 4.69) is 10.2 Å². The Morgan fingerprint density at radius 1 is 1.20 bits per heavy atom. The zero-order chi connectivity index (χ0) is 18.0. The summed E-state index contributed by atoms with van der Waals surface area (Å²) in [6, 6.07) is 5.72. The summed E-state index contributed by atoms with van der Waals surface area (Å²) in [6.45, 7) is 4.50. The molecule has 140 valence electrons. The van der Waals surface area contributed by atoms with Gasteiger partial charge in [-0.2, -0.15) is 13.2 Å². The minimum Gasteiger partial charge on any atom is -0.371 e. The first-order valence-corrected chi connectivity index (χ1v) is 9.24. The lowest BCUT2D eigenvalue weighted by atomic mass is 9.94. The van der Waals surface area contributed by atoms with Crippen molar-refractivity contribution in [3.63, 3.8) is 0 Å². The second kappa shape index (κ2) is 7.54. The quantitative estimate of drug-likeness (QED) is 0.882. The summed E-state index contributed by atoms with van der Waals surface area (Å²) in [6.07, 6.45) is -0.702. The first kappa shape index (κ1) is 18.5. The van der Waals surface area contributed by atoms with E-state index in [1.807, 2.05) is 19.1 Å². The molecule has 3 nitrogen and oxygen atoms in total. The highest BCUT2D eigenvalue weighted by molar-refractivity contribution is 5.56. The van der Waals surface area contributed by atoms with E-state index in [0.717, 1.165) is 51.0 Å². The summed E-state index contributed by atoms with van der Waals surface area (Å²) in [4.78, 5) is 3.67. The molecular weight excluding hydrogens is 327 g/mol. The largest absolute Gasteiger partial charge is 0.408 e. The SMILES string of the molecule is C[C@H]1CC(N(C)C(c2ccccc2N2CCCC2)C(F)(F)F)CCN1. The van der Waals surface area contributed by atoms with E-state index < -0.39 is 12.2 Å². The van der Waals surface area contributed by atoms with Crippen LogP contribution in [-0.2, 0) is 0 Å². The number of hydrogen-bond acceptors (Lipinski definition) is 3. The first-order chi connectivity index (χ1) is 11.9. The third-order valence-electron chi connectivity index (χ3n) is 5.57. The standard InChI is InChI=1S/C19H28F3N3/c1-14-13-15(9-10-23-14)24(2)18(19(20,21)22)16-7-3-4-8-17(16)25-11-5-6-12-25/h3-4,7-8,14-15,18,23H,5-6,9-13H2,1-2H3/t14-,15?,18?/m0/s1. The maximum atomic E-state index is 14.1. The van der Waals surface area contributed by atoms with Crippen molar-refractivity contribution >= 4 is 5.69 Å². The number of benzene rings is 1. The van der Waals surface area contributed by atoms with E-state index in [-0.39, 0.29) is 12.1 Å². The van der Waals surface area contributed by atoms with E-state index in [0.29, 0.717) is 5.56 Å². The van der Waals surface area contributed by atoms with Crippen LogP contribution in [0.5, 0.6) is 0 Å². The highest BCUT2D eigenvalue weighted by Gasteiger charge is 2.47. The van der Waals surface area contributed by atoms with Crippen molar-refractivity contribution in [2.75, 3.05) is 31.6 Å². The third kappa shape index (κ3) is 4.11. The van der Waals surface area contributed by atoms with E-state index in [1.54, 1.807) is 24.1 Å². The van der Waals surface area contributed by atoms with E-state index in [4.69, 9.17) is 0 Å². The molecule has 2 unspecified atom stereocenters.